The van der Waals surface area contributed by atoms with Gasteiger partial charge in [0.1, 0.15) is 16.2 Å². The highest BCUT2D eigenvalue weighted by molar-refractivity contribution is 7.18. The van der Waals surface area contributed by atoms with Gasteiger partial charge in [0.15, 0.2) is 5.76 Å². The van der Waals surface area contributed by atoms with Crippen LogP contribution in [-0.2, 0) is 19.4 Å². The fourth-order valence-corrected chi connectivity index (χ4v) is 5.16. The van der Waals surface area contributed by atoms with Crippen LogP contribution in [0.3, 0.4) is 0 Å². The van der Waals surface area contributed by atoms with E-state index in [4.69, 9.17) is 4.42 Å². The largest absolute Gasteiger partial charge is 0.453 e. The minimum absolute atomic E-state index is 0.0575. The van der Waals surface area contributed by atoms with E-state index in [2.05, 4.69) is 4.98 Å². The van der Waals surface area contributed by atoms with E-state index in [-0.39, 0.29) is 23.6 Å². The molecule has 5 nitrogen and oxygen atoms in total. The molecule has 1 aliphatic rings. The lowest BCUT2D eigenvalue weighted by atomic mass is 9.97. The summed E-state index contributed by atoms with van der Waals surface area (Å²) in [6.07, 6.45) is 4.21. The number of nitrogens with zero attached hydrogens (tertiary/aromatic N) is 2. The average Bonchev–Trinajstić information content (AvgIpc) is 3.25. The summed E-state index contributed by atoms with van der Waals surface area (Å²) in [6, 6.07) is 9.23. The molecule has 0 unspecified atom stereocenters. The summed E-state index contributed by atoms with van der Waals surface area (Å²) < 4.78 is 7.15. The van der Waals surface area contributed by atoms with E-state index in [0.29, 0.717) is 16.8 Å². The molecule has 1 aromatic carbocycles. The number of carbonyl (C=O) groups excluding carboxylic acids is 1. The topological polar surface area (TPSA) is 65.1 Å². The molecule has 0 amide bonds. The molecule has 136 valence electrons. The number of ketones is 1. The predicted molar refractivity (Wildman–Crippen MR) is 106 cm³/mol. The second-order valence-corrected chi connectivity index (χ2v) is 8.10. The first kappa shape index (κ1) is 16.4. The van der Waals surface area contributed by atoms with Crippen LogP contribution in [0.25, 0.3) is 21.2 Å². The number of furan rings is 1. The zero-order chi connectivity index (χ0) is 18.5. The average molecular weight is 378 g/mol. The van der Waals surface area contributed by atoms with Gasteiger partial charge in [-0.15, -0.1) is 11.3 Å². The van der Waals surface area contributed by atoms with Crippen molar-refractivity contribution in [3.05, 3.63) is 62.7 Å². The maximum atomic E-state index is 13.2. The van der Waals surface area contributed by atoms with Gasteiger partial charge in [0, 0.05) is 10.3 Å². The lowest BCUT2D eigenvalue weighted by molar-refractivity contribution is 0.0944. The van der Waals surface area contributed by atoms with E-state index in [0.717, 1.165) is 41.5 Å². The Kier molecular flexibility index (Phi) is 3.75. The molecule has 0 spiro atoms. The number of thiophene rings is 1. The first-order valence-electron chi connectivity index (χ1n) is 9.15. The van der Waals surface area contributed by atoms with Gasteiger partial charge in [-0.3, -0.25) is 14.2 Å². The summed E-state index contributed by atoms with van der Waals surface area (Å²) in [7, 11) is 0. The van der Waals surface area contributed by atoms with Gasteiger partial charge in [-0.2, -0.15) is 0 Å². The van der Waals surface area contributed by atoms with E-state index in [1.807, 2.05) is 24.3 Å². The third-order valence-corrected chi connectivity index (χ3v) is 6.45. The van der Waals surface area contributed by atoms with Gasteiger partial charge in [-0.05, 0) is 50.3 Å². The predicted octanol–water partition coefficient (Wildman–Crippen LogP) is 4.27. The lowest BCUT2D eigenvalue weighted by Crippen LogP contribution is -2.27. The van der Waals surface area contributed by atoms with Crippen molar-refractivity contribution in [3.63, 3.8) is 0 Å². The zero-order valence-electron chi connectivity index (χ0n) is 14.9. The van der Waals surface area contributed by atoms with Crippen LogP contribution in [0.15, 0.2) is 39.5 Å². The molecule has 0 atom stereocenters. The maximum absolute atomic E-state index is 13.2. The van der Waals surface area contributed by atoms with Crippen molar-refractivity contribution in [2.24, 2.45) is 0 Å². The van der Waals surface area contributed by atoms with E-state index in [1.165, 1.54) is 9.44 Å². The van der Waals surface area contributed by atoms with Gasteiger partial charge in [0.2, 0.25) is 5.78 Å². The molecule has 1 aliphatic carbocycles. The number of carbonyl (C=O) groups is 1. The summed E-state index contributed by atoms with van der Waals surface area (Å²) >= 11 is 1.63. The molecule has 0 bridgehead atoms. The molecule has 3 heterocycles. The van der Waals surface area contributed by atoms with Crippen LogP contribution in [0.5, 0.6) is 0 Å². The fraction of sp³-hybridized carbons (Fsp3) is 0.286. The maximum Gasteiger partial charge on any atom is 0.262 e. The first-order valence-corrected chi connectivity index (χ1v) is 9.97. The Bertz CT molecular complexity index is 1230. The minimum Gasteiger partial charge on any atom is -0.453 e. The molecule has 0 fully saturated rings. The fourth-order valence-electron chi connectivity index (χ4n) is 3.87. The van der Waals surface area contributed by atoms with Crippen LogP contribution in [0.4, 0.5) is 0 Å². The summed E-state index contributed by atoms with van der Waals surface area (Å²) in [5.74, 6) is 0.618. The molecule has 0 saturated heterocycles. The van der Waals surface area contributed by atoms with Crippen LogP contribution < -0.4 is 5.56 Å². The quantitative estimate of drug-likeness (QED) is 0.499. The Hall–Kier alpha value is -2.73. The zero-order valence-corrected chi connectivity index (χ0v) is 15.8. The summed E-state index contributed by atoms with van der Waals surface area (Å²) in [4.78, 5) is 32.7. The van der Waals surface area contributed by atoms with E-state index in [1.54, 1.807) is 24.3 Å². The smallest absolute Gasteiger partial charge is 0.262 e. The van der Waals surface area contributed by atoms with Crippen molar-refractivity contribution in [2.45, 2.75) is 39.2 Å². The number of aromatic nitrogens is 2. The Balaban J connectivity index is 1.58. The number of hydrogen-bond donors (Lipinski definition) is 0. The Morgan fingerprint density at radius 3 is 2.93 bits per heavy atom. The second kappa shape index (κ2) is 6.16. The molecular weight excluding hydrogens is 360 g/mol. The number of aryl methyl sites for hydroxylation is 3. The monoisotopic (exact) mass is 378 g/mol. The number of benzene rings is 1. The van der Waals surface area contributed by atoms with Gasteiger partial charge in [0.25, 0.3) is 5.56 Å². The van der Waals surface area contributed by atoms with Gasteiger partial charge in [-0.1, -0.05) is 18.2 Å². The third-order valence-electron chi connectivity index (χ3n) is 5.27. The van der Waals surface area contributed by atoms with Gasteiger partial charge in [-0.25, -0.2) is 4.98 Å². The number of hydrogen-bond acceptors (Lipinski definition) is 5. The van der Waals surface area contributed by atoms with Gasteiger partial charge >= 0.3 is 0 Å². The Labute approximate surface area is 159 Å². The molecular formula is C21H18N2O3S. The molecule has 0 radical (unpaired) electrons. The highest BCUT2D eigenvalue weighted by Gasteiger charge is 2.22. The summed E-state index contributed by atoms with van der Waals surface area (Å²) in [5, 5.41) is 1.59. The van der Waals surface area contributed by atoms with Crippen molar-refractivity contribution in [2.75, 3.05) is 0 Å². The van der Waals surface area contributed by atoms with Crippen molar-refractivity contribution in [1.82, 2.24) is 9.55 Å². The van der Waals surface area contributed by atoms with Crippen molar-refractivity contribution >= 4 is 38.3 Å². The summed E-state index contributed by atoms with van der Waals surface area (Å²) in [6.45, 7) is 1.73. The molecule has 0 saturated carbocycles. The van der Waals surface area contributed by atoms with Crippen LogP contribution in [0.2, 0.25) is 0 Å². The van der Waals surface area contributed by atoms with E-state index in [9.17, 15) is 9.59 Å². The third kappa shape index (κ3) is 2.63. The molecule has 6 heteroatoms. The Morgan fingerprint density at radius 2 is 2.07 bits per heavy atom. The molecule has 4 aromatic rings. The minimum atomic E-state index is -0.221. The second-order valence-electron chi connectivity index (χ2n) is 7.01. The van der Waals surface area contributed by atoms with Crippen LogP contribution in [0, 0.1) is 6.92 Å². The lowest BCUT2D eigenvalue weighted by Gasteiger charge is -2.11. The number of rotatable bonds is 3. The molecule has 3 aromatic heterocycles. The van der Waals surface area contributed by atoms with Crippen molar-refractivity contribution < 1.29 is 9.21 Å². The first-order chi connectivity index (χ1) is 13.1. The normalized spacial score (nSPS) is 14.0. The van der Waals surface area contributed by atoms with Crippen LogP contribution >= 0.6 is 11.3 Å². The molecule has 0 aliphatic heterocycles. The highest BCUT2D eigenvalue weighted by atomic mass is 32.1. The van der Waals surface area contributed by atoms with Crippen molar-refractivity contribution in [3.8, 4) is 0 Å². The molecule has 5 rings (SSSR count). The van der Waals surface area contributed by atoms with E-state index >= 15 is 0 Å². The summed E-state index contributed by atoms with van der Waals surface area (Å²) in [5.41, 5.74) is 1.70. The number of fused-ring (bicyclic) bond motifs is 4. The van der Waals surface area contributed by atoms with Crippen LogP contribution in [-0.4, -0.2) is 15.3 Å². The number of Topliss-reactive ketones (excluding diaryl/α,β-unsaturated/α-hetero) is 1. The number of para-hydroxylation sites is 1. The molecule has 27 heavy (non-hydrogen) atoms. The standard InChI is InChI=1S/C21H18N2O3S/c1-12-22-20-19(14-7-3-5-9-18(14)27-20)21(25)23(12)11-15(24)17-10-13-6-2-4-8-16(13)26-17/h2,4,6,8,10H,3,5,7,9,11H2,1H3. The van der Waals surface area contributed by atoms with Gasteiger partial charge in [0.05, 0.1) is 11.9 Å². The van der Waals surface area contributed by atoms with Crippen LogP contribution in [0.1, 0.15) is 39.7 Å². The van der Waals surface area contributed by atoms with E-state index < -0.39 is 0 Å². The Morgan fingerprint density at radius 1 is 1.26 bits per heavy atom. The van der Waals surface area contributed by atoms with Crippen molar-refractivity contribution in [1.29, 1.82) is 0 Å². The van der Waals surface area contributed by atoms with Gasteiger partial charge < -0.3 is 4.42 Å². The SMILES string of the molecule is Cc1nc2sc3c(c2c(=O)n1CC(=O)c1cc2ccccc2o1)CCCC3. The molecule has 0 N–H and O–H groups in total. The highest BCUT2D eigenvalue weighted by Crippen LogP contribution is 2.33.